The van der Waals surface area contributed by atoms with Gasteiger partial charge in [-0.2, -0.15) is 0 Å². The summed E-state index contributed by atoms with van der Waals surface area (Å²) < 4.78 is 26.4. The Labute approximate surface area is 131 Å². The van der Waals surface area contributed by atoms with Crippen molar-refractivity contribution in [2.75, 3.05) is 0 Å². The van der Waals surface area contributed by atoms with Gasteiger partial charge in [0.25, 0.3) is 5.91 Å². The lowest BCUT2D eigenvalue weighted by atomic mass is 10.2. The van der Waals surface area contributed by atoms with Gasteiger partial charge in [0, 0.05) is 0 Å². The maximum absolute atomic E-state index is 12.5. The molecule has 2 rings (SSSR count). The highest BCUT2D eigenvalue weighted by molar-refractivity contribution is 7.91. The fraction of sp³-hybridized carbons (Fsp3) is 0.786. The third-order valence-corrected chi connectivity index (χ3v) is 7.36. The standard InChI is InChI=1S/C14H23ClN2O3S/c1-3-5-6-7-13(8-9-13)21(19,20)16-12(18)14(17-15)10-11(14)4-2/h3,11,17H,1,4-10H2,2H3,(H,16,18)/t11-,14-/m1/s1. The molecule has 0 aromatic heterocycles. The molecule has 120 valence electrons. The van der Waals surface area contributed by atoms with Crippen LogP contribution in [0.2, 0.25) is 0 Å². The molecule has 2 aliphatic rings. The van der Waals surface area contributed by atoms with Gasteiger partial charge >= 0.3 is 0 Å². The zero-order valence-corrected chi connectivity index (χ0v) is 13.9. The lowest BCUT2D eigenvalue weighted by Gasteiger charge is -2.20. The third-order valence-electron chi connectivity index (χ3n) is 4.82. The molecule has 2 aliphatic carbocycles. The van der Waals surface area contributed by atoms with Crippen molar-refractivity contribution in [2.24, 2.45) is 5.92 Å². The number of hydrogen-bond donors (Lipinski definition) is 2. The van der Waals surface area contributed by atoms with Crippen molar-refractivity contribution < 1.29 is 13.2 Å². The normalized spacial score (nSPS) is 29.7. The van der Waals surface area contributed by atoms with Crippen molar-refractivity contribution in [3.63, 3.8) is 0 Å². The van der Waals surface area contributed by atoms with E-state index in [-0.39, 0.29) is 5.92 Å². The number of amides is 1. The topological polar surface area (TPSA) is 75.3 Å². The van der Waals surface area contributed by atoms with Crippen molar-refractivity contribution >= 4 is 27.7 Å². The molecule has 5 nitrogen and oxygen atoms in total. The van der Waals surface area contributed by atoms with Crippen LogP contribution in [0.1, 0.15) is 51.9 Å². The van der Waals surface area contributed by atoms with E-state index >= 15 is 0 Å². The van der Waals surface area contributed by atoms with Crippen LogP contribution in [-0.2, 0) is 14.8 Å². The average molecular weight is 335 g/mol. The number of halogens is 1. The van der Waals surface area contributed by atoms with Crippen molar-refractivity contribution in [3.8, 4) is 0 Å². The molecule has 0 aromatic carbocycles. The van der Waals surface area contributed by atoms with Gasteiger partial charge in [-0.1, -0.05) is 19.4 Å². The van der Waals surface area contributed by atoms with Gasteiger partial charge in [-0.25, -0.2) is 13.3 Å². The summed E-state index contributed by atoms with van der Waals surface area (Å²) in [6, 6.07) is 0. The summed E-state index contributed by atoms with van der Waals surface area (Å²) in [6.07, 6.45) is 6.52. The largest absolute Gasteiger partial charge is 0.272 e. The van der Waals surface area contributed by atoms with Crippen molar-refractivity contribution in [2.45, 2.75) is 62.2 Å². The van der Waals surface area contributed by atoms with E-state index in [1.165, 1.54) is 0 Å². The Hall–Kier alpha value is -0.590. The molecule has 0 spiro atoms. The lowest BCUT2D eigenvalue weighted by molar-refractivity contribution is -0.122. The van der Waals surface area contributed by atoms with E-state index in [4.69, 9.17) is 11.8 Å². The summed E-state index contributed by atoms with van der Waals surface area (Å²) in [4.78, 5) is 14.8. The zero-order chi connectivity index (χ0) is 15.7. The maximum Gasteiger partial charge on any atom is 0.255 e. The van der Waals surface area contributed by atoms with E-state index in [2.05, 4.69) is 16.1 Å². The average Bonchev–Trinajstić information content (AvgIpc) is 3.33. The van der Waals surface area contributed by atoms with Crippen LogP contribution in [0, 0.1) is 5.92 Å². The van der Waals surface area contributed by atoms with E-state index in [0.717, 1.165) is 19.3 Å². The Morgan fingerprint density at radius 1 is 1.48 bits per heavy atom. The molecule has 0 heterocycles. The lowest BCUT2D eigenvalue weighted by Crippen LogP contribution is -2.50. The van der Waals surface area contributed by atoms with Gasteiger partial charge in [0.05, 0.1) is 4.75 Å². The van der Waals surface area contributed by atoms with Crippen LogP contribution in [-0.4, -0.2) is 24.6 Å². The Kier molecular flexibility index (Phi) is 4.71. The molecule has 0 saturated heterocycles. The van der Waals surface area contributed by atoms with Crippen molar-refractivity contribution in [1.29, 1.82) is 0 Å². The molecule has 2 atom stereocenters. The van der Waals surface area contributed by atoms with Gasteiger partial charge in [0.2, 0.25) is 10.0 Å². The summed E-state index contributed by atoms with van der Waals surface area (Å²) in [5.74, 6) is -0.416. The van der Waals surface area contributed by atoms with Gasteiger partial charge in [-0.15, -0.1) is 6.58 Å². The number of sulfonamides is 1. The highest BCUT2D eigenvalue weighted by Crippen LogP contribution is 2.49. The Morgan fingerprint density at radius 3 is 2.57 bits per heavy atom. The summed E-state index contributed by atoms with van der Waals surface area (Å²) in [5, 5.41) is 0. The molecule has 2 N–H and O–H groups in total. The first-order valence-electron chi connectivity index (χ1n) is 7.43. The van der Waals surface area contributed by atoms with E-state index in [0.29, 0.717) is 25.7 Å². The SMILES string of the molecule is C=CCCCC1(S(=O)(=O)NC(=O)[C@@]2(NCl)C[C@H]2CC)CC1. The summed E-state index contributed by atoms with van der Waals surface area (Å²) in [5.41, 5.74) is -0.916. The van der Waals surface area contributed by atoms with E-state index in [9.17, 15) is 13.2 Å². The first-order valence-corrected chi connectivity index (χ1v) is 9.29. The van der Waals surface area contributed by atoms with Gasteiger partial charge in [-0.05, 0) is 56.2 Å². The number of carbonyl (C=O) groups is 1. The Bertz CT molecular complexity index is 530. The summed E-state index contributed by atoms with van der Waals surface area (Å²) in [7, 11) is -3.65. The Balaban J connectivity index is 2.01. The molecule has 2 fully saturated rings. The van der Waals surface area contributed by atoms with Gasteiger partial charge in [0.15, 0.2) is 0 Å². The molecule has 21 heavy (non-hydrogen) atoms. The van der Waals surface area contributed by atoms with Crippen molar-refractivity contribution in [1.82, 2.24) is 9.56 Å². The highest BCUT2D eigenvalue weighted by Gasteiger charge is 2.62. The molecule has 7 heteroatoms. The predicted octanol–water partition coefficient (Wildman–Crippen LogP) is 2.23. The molecule has 1 amide bonds. The number of allylic oxidation sites excluding steroid dienone is 1. The van der Waals surface area contributed by atoms with E-state index in [1.807, 2.05) is 6.92 Å². The van der Waals surface area contributed by atoms with Crippen LogP contribution in [0.4, 0.5) is 0 Å². The fourth-order valence-corrected chi connectivity index (χ4v) is 4.95. The maximum atomic E-state index is 12.5. The molecule has 0 radical (unpaired) electrons. The number of rotatable bonds is 9. The van der Waals surface area contributed by atoms with Crippen LogP contribution in [0.25, 0.3) is 0 Å². The minimum atomic E-state index is -3.65. The van der Waals surface area contributed by atoms with Crippen LogP contribution < -0.4 is 9.56 Å². The number of hydrogen-bond acceptors (Lipinski definition) is 4. The highest BCUT2D eigenvalue weighted by atomic mass is 35.5. The quantitative estimate of drug-likeness (QED) is 0.385. The first kappa shape index (κ1) is 16.8. The molecule has 0 aliphatic heterocycles. The van der Waals surface area contributed by atoms with E-state index in [1.54, 1.807) is 6.08 Å². The van der Waals surface area contributed by atoms with Gasteiger partial charge in [-0.3, -0.25) is 9.52 Å². The molecular weight excluding hydrogens is 312 g/mol. The second kappa shape index (κ2) is 5.89. The molecular formula is C14H23ClN2O3S. The number of unbranched alkanes of at least 4 members (excludes halogenated alkanes) is 1. The van der Waals surface area contributed by atoms with Gasteiger partial charge in [0.1, 0.15) is 5.54 Å². The summed E-state index contributed by atoms with van der Waals surface area (Å²) >= 11 is 5.67. The molecule has 0 aromatic rings. The summed E-state index contributed by atoms with van der Waals surface area (Å²) in [6.45, 7) is 5.60. The van der Waals surface area contributed by atoms with Crippen LogP contribution in [0.3, 0.4) is 0 Å². The smallest absolute Gasteiger partial charge is 0.255 e. The second-order valence-electron chi connectivity index (χ2n) is 6.17. The monoisotopic (exact) mass is 334 g/mol. The minimum absolute atomic E-state index is 0.0983. The van der Waals surface area contributed by atoms with Gasteiger partial charge < -0.3 is 0 Å². The predicted molar refractivity (Wildman–Crippen MR) is 83.2 cm³/mol. The Morgan fingerprint density at radius 2 is 2.14 bits per heavy atom. The first-order chi connectivity index (χ1) is 9.87. The van der Waals surface area contributed by atoms with Crippen LogP contribution in [0.5, 0.6) is 0 Å². The second-order valence-corrected chi connectivity index (χ2v) is 8.44. The molecule has 0 unspecified atom stereocenters. The fourth-order valence-electron chi connectivity index (χ4n) is 2.94. The van der Waals surface area contributed by atoms with Crippen LogP contribution >= 0.6 is 11.8 Å². The zero-order valence-electron chi connectivity index (χ0n) is 12.3. The minimum Gasteiger partial charge on any atom is -0.272 e. The molecule has 2 saturated carbocycles. The number of nitrogens with one attached hydrogen (secondary N) is 2. The third kappa shape index (κ3) is 2.98. The molecule has 0 bridgehead atoms. The van der Waals surface area contributed by atoms with Crippen molar-refractivity contribution in [3.05, 3.63) is 12.7 Å². The van der Waals surface area contributed by atoms with Crippen LogP contribution in [0.15, 0.2) is 12.7 Å². The number of carbonyl (C=O) groups excluding carboxylic acids is 1. The van der Waals surface area contributed by atoms with E-state index < -0.39 is 26.2 Å².